The van der Waals surface area contributed by atoms with Gasteiger partial charge in [0.25, 0.3) is 5.91 Å². The second-order valence-corrected chi connectivity index (χ2v) is 7.60. The quantitative estimate of drug-likeness (QED) is 0.732. The molecule has 1 aromatic heterocycles. The molecule has 1 aliphatic rings. The van der Waals surface area contributed by atoms with E-state index in [0.717, 1.165) is 12.8 Å². The monoisotopic (exact) mass is 316 g/mol. The lowest BCUT2D eigenvalue weighted by atomic mass is 9.93. The summed E-state index contributed by atoms with van der Waals surface area (Å²) in [5.41, 5.74) is 5.79. The number of carbonyl (C=O) groups excluding carboxylic acids is 1. The van der Waals surface area contributed by atoms with Crippen molar-refractivity contribution < 1.29 is 9.00 Å². The van der Waals surface area contributed by atoms with Gasteiger partial charge in [-0.1, -0.05) is 11.3 Å². The van der Waals surface area contributed by atoms with Crippen LogP contribution in [-0.2, 0) is 10.8 Å². The Morgan fingerprint density at radius 3 is 2.85 bits per heavy atom. The Kier molecular flexibility index (Phi) is 4.98. The first-order chi connectivity index (χ1) is 9.45. The van der Waals surface area contributed by atoms with E-state index < -0.39 is 10.8 Å². The Balaban J connectivity index is 1.96. The van der Waals surface area contributed by atoms with Gasteiger partial charge in [0.2, 0.25) is 0 Å². The van der Waals surface area contributed by atoms with Crippen molar-refractivity contribution >= 4 is 39.0 Å². The van der Waals surface area contributed by atoms with Crippen LogP contribution in [-0.4, -0.2) is 39.2 Å². The van der Waals surface area contributed by atoms with Gasteiger partial charge in [0.15, 0.2) is 5.13 Å². The minimum Gasteiger partial charge on any atom is -0.382 e. The third-order valence-electron chi connectivity index (χ3n) is 3.15. The first-order valence-corrected chi connectivity index (χ1v) is 9.13. The molecule has 2 atom stereocenters. The zero-order valence-electron chi connectivity index (χ0n) is 11.6. The van der Waals surface area contributed by atoms with Gasteiger partial charge in [-0.05, 0) is 26.2 Å². The Morgan fingerprint density at radius 2 is 2.30 bits per heavy atom. The molecule has 6 nitrogen and oxygen atoms in total. The molecule has 1 saturated carbocycles. The first kappa shape index (κ1) is 15.2. The first-order valence-electron chi connectivity index (χ1n) is 6.59. The Hall–Kier alpha value is -1.15. The highest BCUT2D eigenvalue weighted by molar-refractivity contribution is 7.84. The van der Waals surface area contributed by atoms with Crippen LogP contribution >= 0.6 is 11.3 Å². The molecule has 1 aliphatic carbocycles. The summed E-state index contributed by atoms with van der Waals surface area (Å²) in [6.45, 7) is 1.82. The number of hydrogen-bond acceptors (Lipinski definition) is 6. The molecule has 0 aliphatic heterocycles. The van der Waals surface area contributed by atoms with Crippen molar-refractivity contribution in [3.05, 3.63) is 4.88 Å². The number of rotatable bonds is 6. The Morgan fingerprint density at radius 1 is 1.60 bits per heavy atom. The maximum Gasteiger partial charge on any atom is 0.265 e. The fraction of sp³-hybridized carbons (Fsp3) is 0.667. The number of amides is 1. The second-order valence-electron chi connectivity index (χ2n) is 5.12. The maximum absolute atomic E-state index is 12.1. The van der Waals surface area contributed by atoms with Gasteiger partial charge in [-0.15, -0.1) is 0 Å². The largest absolute Gasteiger partial charge is 0.382 e. The van der Waals surface area contributed by atoms with Gasteiger partial charge >= 0.3 is 0 Å². The van der Waals surface area contributed by atoms with Gasteiger partial charge in [0, 0.05) is 34.9 Å². The van der Waals surface area contributed by atoms with Crippen molar-refractivity contribution in [3.63, 3.8) is 0 Å². The SMILES string of the molecule is CC(CS(C)=O)NC(=O)c1sc(NC2CCC2)nc1N. The van der Waals surface area contributed by atoms with E-state index >= 15 is 0 Å². The van der Waals surface area contributed by atoms with Crippen LogP contribution in [0.3, 0.4) is 0 Å². The molecule has 0 saturated heterocycles. The molecule has 2 unspecified atom stereocenters. The normalized spacial score (nSPS) is 18.1. The van der Waals surface area contributed by atoms with Gasteiger partial charge in [-0.3, -0.25) is 9.00 Å². The highest BCUT2D eigenvalue weighted by atomic mass is 32.2. The fourth-order valence-electron chi connectivity index (χ4n) is 1.97. The van der Waals surface area contributed by atoms with E-state index in [1.165, 1.54) is 17.8 Å². The minimum absolute atomic E-state index is 0.155. The van der Waals surface area contributed by atoms with Crippen molar-refractivity contribution in [3.8, 4) is 0 Å². The lowest BCUT2D eigenvalue weighted by Crippen LogP contribution is -2.36. The molecule has 2 rings (SSSR count). The van der Waals surface area contributed by atoms with Crippen molar-refractivity contribution in [2.45, 2.75) is 38.3 Å². The van der Waals surface area contributed by atoms with E-state index in [4.69, 9.17) is 5.73 Å². The van der Waals surface area contributed by atoms with Gasteiger partial charge in [-0.25, -0.2) is 4.98 Å². The molecule has 1 amide bonds. The number of anilines is 2. The molecule has 0 bridgehead atoms. The van der Waals surface area contributed by atoms with Crippen molar-refractivity contribution in [2.24, 2.45) is 0 Å². The van der Waals surface area contributed by atoms with Crippen molar-refractivity contribution in [1.29, 1.82) is 0 Å². The van der Waals surface area contributed by atoms with Crippen LogP contribution in [0.4, 0.5) is 10.9 Å². The summed E-state index contributed by atoms with van der Waals surface area (Å²) < 4.78 is 11.1. The average Bonchev–Trinajstić information content (AvgIpc) is 2.64. The number of hydrogen-bond donors (Lipinski definition) is 3. The molecule has 1 heterocycles. The molecule has 0 aromatic carbocycles. The predicted molar refractivity (Wildman–Crippen MR) is 83.6 cm³/mol. The number of aromatic nitrogens is 1. The molecular weight excluding hydrogens is 296 g/mol. The van der Waals surface area contributed by atoms with E-state index in [-0.39, 0.29) is 17.8 Å². The van der Waals surface area contributed by atoms with E-state index in [2.05, 4.69) is 15.6 Å². The highest BCUT2D eigenvalue weighted by Gasteiger charge is 2.22. The van der Waals surface area contributed by atoms with E-state index in [1.807, 2.05) is 6.92 Å². The molecule has 0 radical (unpaired) electrons. The smallest absolute Gasteiger partial charge is 0.265 e. The predicted octanol–water partition coefficient (Wildman–Crippen LogP) is 1.19. The van der Waals surface area contributed by atoms with Crippen LogP contribution in [0.2, 0.25) is 0 Å². The lowest BCUT2D eigenvalue weighted by Gasteiger charge is -2.25. The zero-order chi connectivity index (χ0) is 14.7. The zero-order valence-corrected chi connectivity index (χ0v) is 13.3. The van der Waals surface area contributed by atoms with Crippen LogP contribution in [0.25, 0.3) is 0 Å². The average molecular weight is 316 g/mol. The summed E-state index contributed by atoms with van der Waals surface area (Å²) in [5.74, 6) is 0.427. The van der Waals surface area contributed by atoms with Crippen molar-refractivity contribution in [1.82, 2.24) is 10.3 Å². The summed E-state index contributed by atoms with van der Waals surface area (Å²) in [4.78, 5) is 16.7. The molecule has 0 spiro atoms. The molecular formula is C12H20N4O2S2. The van der Waals surface area contributed by atoms with Gasteiger partial charge in [-0.2, -0.15) is 0 Å². The molecule has 1 aromatic rings. The third kappa shape index (κ3) is 3.92. The summed E-state index contributed by atoms with van der Waals surface area (Å²) in [7, 11) is -0.941. The number of nitrogens with one attached hydrogen (secondary N) is 2. The Labute approximate surface area is 125 Å². The molecule has 8 heteroatoms. The lowest BCUT2D eigenvalue weighted by molar-refractivity contribution is 0.0948. The summed E-state index contributed by atoms with van der Waals surface area (Å²) >= 11 is 1.27. The Bertz CT molecular complexity index is 514. The standard InChI is InChI=1S/C12H20N4O2S2/c1-7(6-20(2)18)14-11(17)9-10(13)16-12(19-9)15-8-4-3-5-8/h7-8H,3-6,13H2,1-2H3,(H,14,17)(H,15,16). The topological polar surface area (TPSA) is 97.1 Å². The molecule has 20 heavy (non-hydrogen) atoms. The molecule has 1 fully saturated rings. The second kappa shape index (κ2) is 6.53. The maximum atomic E-state index is 12.1. The van der Waals surface area contributed by atoms with Crippen LogP contribution in [0.1, 0.15) is 35.9 Å². The molecule has 112 valence electrons. The summed E-state index contributed by atoms with van der Waals surface area (Å²) in [6.07, 6.45) is 5.13. The van der Waals surface area contributed by atoms with Crippen LogP contribution in [0.15, 0.2) is 0 Å². The number of nitrogen functional groups attached to an aromatic ring is 1. The van der Waals surface area contributed by atoms with Crippen molar-refractivity contribution in [2.75, 3.05) is 23.1 Å². The van der Waals surface area contributed by atoms with E-state index in [1.54, 1.807) is 6.26 Å². The van der Waals surface area contributed by atoms with Crippen LogP contribution < -0.4 is 16.4 Å². The number of carbonyl (C=O) groups is 1. The number of thiazole rings is 1. The summed E-state index contributed by atoms with van der Waals surface area (Å²) in [6, 6.07) is 0.302. The van der Waals surface area contributed by atoms with E-state index in [0.29, 0.717) is 21.8 Å². The third-order valence-corrected chi connectivity index (χ3v) is 5.13. The number of nitrogens with two attached hydrogens (primary N) is 1. The van der Waals surface area contributed by atoms with E-state index in [9.17, 15) is 9.00 Å². The van der Waals surface area contributed by atoms with Gasteiger partial charge in [0.1, 0.15) is 10.7 Å². The molecule has 4 N–H and O–H groups in total. The van der Waals surface area contributed by atoms with Gasteiger partial charge < -0.3 is 16.4 Å². The van der Waals surface area contributed by atoms with Crippen LogP contribution in [0.5, 0.6) is 0 Å². The summed E-state index contributed by atoms with van der Waals surface area (Å²) in [5, 5.41) is 6.77. The highest BCUT2D eigenvalue weighted by Crippen LogP contribution is 2.29. The van der Waals surface area contributed by atoms with Gasteiger partial charge in [0.05, 0.1) is 0 Å². The fourth-order valence-corrected chi connectivity index (χ4v) is 3.62. The van der Waals surface area contributed by atoms with Crippen LogP contribution in [0, 0.1) is 0 Å². The number of nitrogens with zero attached hydrogens (tertiary/aromatic N) is 1. The minimum atomic E-state index is -0.941.